The van der Waals surface area contributed by atoms with E-state index in [1.165, 1.54) is 11.1 Å². The van der Waals surface area contributed by atoms with Crippen LogP contribution >= 0.6 is 0 Å². The minimum atomic E-state index is -0.426. The first-order valence-corrected chi connectivity index (χ1v) is 18.4. The van der Waals surface area contributed by atoms with Gasteiger partial charge in [-0.25, -0.2) is 0 Å². The van der Waals surface area contributed by atoms with Gasteiger partial charge < -0.3 is 4.74 Å². The molecule has 0 bridgehead atoms. The Balaban J connectivity index is 1.33. The number of Topliss-reactive ketones (excluding diaryl/α,β-unsaturated/α-hetero) is 1. The Bertz CT molecular complexity index is 1520. The Labute approximate surface area is 283 Å². The van der Waals surface area contributed by atoms with Gasteiger partial charge in [0.2, 0.25) is 0 Å². The Morgan fingerprint density at radius 2 is 1.47 bits per heavy atom. The first-order chi connectivity index (χ1) is 22.1. The summed E-state index contributed by atoms with van der Waals surface area (Å²) < 4.78 is 5.59. The van der Waals surface area contributed by atoms with Crippen LogP contribution in [0.2, 0.25) is 0 Å². The van der Waals surface area contributed by atoms with Crippen molar-refractivity contribution in [2.75, 3.05) is 7.11 Å². The third-order valence-electron chi connectivity index (χ3n) is 15.7. The van der Waals surface area contributed by atoms with Gasteiger partial charge in [-0.3, -0.25) is 14.6 Å². The summed E-state index contributed by atoms with van der Waals surface area (Å²) in [5.74, 6) is 1.64. The molecule has 1 aromatic carbocycles. The SMILES string of the molecule is COC(=O)[C@]12CCC(C)(C)CC1C1C=CC3[C@@]4(C)CC(C(c5ccccc5)c5ccncc5)C(=O)C(C)(C)C4CC[C@@]3(C)[C@]1(C)CC2. The second-order valence-electron chi connectivity index (χ2n) is 18.5. The van der Waals surface area contributed by atoms with E-state index in [-0.39, 0.29) is 44.9 Å². The van der Waals surface area contributed by atoms with Gasteiger partial charge in [0.05, 0.1) is 12.5 Å². The molecule has 0 aliphatic heterocycles. The van der Waals surface area contributed by atoms with E-state index in [0.717, 1.165) is 51.4 Å². The minimum absolute atomic E-state index is 0.00679. The number of hydrogen-bond acceptors (Lipinski definition) is 4. The van der Waals surface area contributed by atoms with Crippen LogP contribution in [0.15, 0.2) is 67.0 Å². The molecule has 4 fully saturated rings. The fourth-order valence-electron chi connectivity index (χ4n) is 13.1. The number of ether oxygens (including phenoxy) is 1. The standard InChI is InChI=1S/C43H57NO3/c1-38(2)20-22-43(37(46)47-8)23-21-41(6)31(32(43)27-38)14-15-34-40(5)26-30(36(45)39(3,4)33(40)16-19-42(34,41)7)35(28-12-10-9-11-13-28)29-17-24-44-25-18-29/h9-15,17-18,24-25,30-35H,16,19-23,26-27H2,1-8H3/t30?,31?,32?,33?,34?,35?,40-,41+,42+,43-/m0/s1. The van der Waals surface area contributed by atoms with Crippen LogP contribution in [-0.2, 0) is 14.3 Å². The Morgan fingerprint density at radius 1 is 0.809 bits per heavy atom. The molecule has 10 atom stereocenters. The molecule has 6 unspecified atom stereocenters. The highest BCUT2D eigenvalue weighted by Crippen LogP contribution is 2.76. The second kappa shape index (κ2) is 10.9. The molecule has 4 saturated carbocycles. The van der Waals surface area contributed by atoms with E-state index in [2.05, 4.69) is 108 Å². The van der Waals surface area contributed by atoms with Crippen LogP contribution in [0.3, 0.4) is 0 Å². The van der Waals surface area contributed by atoms with Gasteiger partial charge in [-0.15, -0.1) is 0 Å². The van der Waals surface area contributed by atoms with E-state index in [1.807, 2.05) is 12.4 Å². The molecule has 2 aromatic rings. The monoisotopic (exact) mass is 635 g/mol. The predicted molar refractivity (Wildman–Crippen MR) is 187 cm³/mol. The number of allylic oxidation sites excluding steroid dienone is 2. The average molecular weight is 636 g/mol. The first-order valence-electron chi connectivity index (χ1n) is 18.4. The number of rotatable bonds is 4. The molecule has 0 amide bonds. The topological polar surface area (TPSA) is 56.3 Å². The van der Waals surface area contributed by atoms with Gasteiger partial charge >= 0.3 is 5.97 Å². The summed E-state index contributed by atoms with van der Waals surface area (Å²) >= 11 is 0. The molecule has 5 aliphatic carbocycles. The zero-order chi connectivity index (χ0) is 33.6. The first kappa shape index (κ1) is 32.8. The molecule has 7 rings (SSSR count). The van der Waals surface area contributed by atoms with Crippen LogP contribution in [0, 0.1) is 62.1 Å². The minimum Gasteiger partial charge on any atom is -0.469 e. The Hall–Kier alpha value is -2.75. The highest BCUT2D eigenvalue weighted by molar-refractivity contribution is 5.89. The van der Waals surface area contributed by atoms with Crippen LogP contribution in [0.25, 0.3) is 0 Å². The van der Waals surface area contributed by atoms with E-state index >= 15 is 0 Å². The Morgan fingerprint density at radius 3 is 2.15 bits per heavy atom. The third kappa shape index (κ3) is 4.54. The average Bonchev–Trinajstić information content (AvgIpc) is 3.04. The van der Waals surface area contributed by atoms with E-state index in [1.54, 1.807) is 7.11 Å². The Kier molecular flexibility index (Phi) is 7.59. The van der Waals surface area contributed by atoms with Gasteiger partial charge in [-0.05, 0) is 120 Å². The van der Waals surface area contributed by atoms with Crippen LogP contribution in [0.5, 0.6) is 0 Å². The number of methoxy groups -OCH3 is 1. The summed E-state index contributed by atoms with van der Waals surface area (Å²) in [7, 11) is 1.59. The largest absolute Gasteiger partial charge is 0.469 e. The number of pyridine rings is 1. The molecule has 0 radical (unpaired) electrons. The molecular weight excluding hydrogens is 578 g/mol. The zero-order valence-corrected chi connectivity index (χ0v) is 30.1. The fraction of sp³-hybridized carbons (Fsp3) is 0.651. The maximum atomic E-state index is 14.8. The molecule has 4 heteroatoms. The van der Waals surface area contributed by atoms with Gasteiger partial charge in [0.1, 0.15) is 5.78 Å². The van der Waals surface area contributed by atoms with Crippen molar-refractivity contribution in [1.82, 2.24) is 4.98 Å². The molecule has 4 nitrogen and oxygen atoms in total. The maximum absolute atomic E-state index is 14.8. The van der Waals surface area contributed by atoms with E-state index < -0.39 is 5.41 Å². The number of hydrogen-bond donors (Lipinski definition) is 0. The van der Waals surface area contributed by atoms with Crippen LogP contribution in [0.1, 0.15) is 117 Å². The van der Waals surface area contributed by atoms with E-state index in [9.17, 15) is 9.59 Å². The lowest BCUT2D eigenvalue weighted by atomic mass is 9.32. The van der Waals surface area contributed by atoms with Crippen molar-refractivity contribution in [3.63, 3.8) is 0 Å². The molecule has 1 aromatic heterocycles. The molecular formula is C43H57NO3. The van der Waals surface area contributed by atoms with Crippen molar-refractivity contribution in [3.05, 3.63) is 78.1 Å². The van der Waals surface area contributed by atoms with Crippen LogP contribution in [0.4, 0.5) is 0 Å². The van der Waals surface area contributed by atoms with Gasteiger partial charge in [0, 0.05) is 29.6 Å². The smallest absolute Gasteiger partial charge is 0.312 e. The van der Waals surface area contributed by atoms with Crippen molar-refractivity contribution in [2.45, 2.75) is 106 Å². The summed E-state index contributed by atoms with van der Waals surface area (Å²) in [5, 5.41) is 0. The zero-order valence-electron chi connectivity index (χ0n) is 30.1. The summed E-state index contributed by atoms with van der Waals surface area (Å²) in [6.07, 6.45) is 17.1. The summed E-state index contributed by atoms with van der Waals surface area (Å²) in [5.41, 5.74) is 1.91. The van der Waals surface area contributed by atoms with Crippen molar-refractivity contribution >= 4 is 11.8 Å². The molecule has 47 heavy (non-hydrogen) atoms. The molecule has 0 saturated heterocycles. The molecule has 0 N–H and O–H groups in total. The number of esters is 1. The highest BCUT2D eigenvalue weighted by Gasteiger charge is 2.71. The van der Waals surface area contributed by atoms with Gasteiger partial charge in [-0.1, -0.05) is 91.0 Å². The highest BCUT2D eigenvalue weighted by atomic mass is 16.5. The van der Waals surface area contributed by atoms with Crippen molar-refractivity contribution in [2.24, 2.45) is 62.1 Å². The van der Waals surface area contributed by atoms with Gasteiger partial charge in [0.15, 0.2) is 0 Å². The fourth-order valence-corrected chi connectivity index (χ4v) is 13.1. The lowest BCUT2D eigenvalue weighted by Gasteiger charge is -2.71. The van der Waals surface area contributed by atoms with Crippen LogP contribution in [-0.4, -0.2) is 23.8 Å². The quantitative estimate of drug-likeness (QED) is 0.248. The normalized spacial score (nSPS) is 42.2. The van der Waals surface area contributed by atoms with Crippen molar-refractivity contribution < 1.29 is 14.3 Å². The summed E-state index contributed by atoms with van der Waals surface area (Å²) in [6, 6.07) is 14.9. The number of ketones is 1. The number of carbonyl (C=O) groups is 2. The molecule has 252 valence electrons. The molecule has 0 spiro atoms. The summed E-state index contributed by atoms with van der Waals surface area (Å²) in [4.78, 5) is 32.8. The second-order valence-corrected chi connectivity index (χ2v) is 18.5. The van der Waals surface area contributed by atoms with Gasteiger partial charge in [0.25, 0.3) is 0 Å². The number of aromatic nitrogens is 1. The van der Waals surface area contributed by atoms with Gasteiger partial charge in [-0.2, -0.15) is 0 Å². The number of carbonyl (C=O) groups excluding carboxylic acids is 2. The number of nitrogens with zero attached hydrogens (tertiary/aromatic N) is 1. The van der Waals surface area contributed by atoms with Crippen molar-refractivity contribution in [1.29, 1.82) is 0 Å². The number of benzene rings is 1. The lowest BCUT2D eigenvalue weighted by molar-refractivity contribution is -0.215. The molecule has 1 heterocycles. The lowest BCUT2D eigenvalue weighted by Crippen LogP contribution is -2.67. The van der Waals surface area contributed by atoms with Crippen molar-refractivity contribution in [3.8, 4) is 0 Å². The predicted octanol–water partition coefficient (Wildman–Crippen LogP) is 9.84. The maximum Gasteiger partial charge on any atom is 0.312 e. The van der Waals surface area contributed by atoms with E-state index in [4.69, 9.17) is 4.74 Å². The number of fused-ring (bicyclic) bond motifs is 7. The third-order valence-corrected chi connectivity index (χ3v) is 15.7. The summed E-state index contributed by atoms with van der Waals surface area (Å²) in [6.45, 7) is 17.1. The molecule has 5 aliphatic rings. The van der Waals surface area contributed by atoms with Crippen LogP contribution < -0.4 is 0 Å². The van der Waals surface area contributed by atoms with E-state index in [0.29, 0.717) is 29.5 Å².